The van der Waals surface area contributed by atoms with Gasteiger partial charge in [0.15, 0.2) is 5.78 Å². The Morgan fingerprint density at radius 1 is 1.24 bits per heavy atom. The number of methoxy groups -OCH3 is 1. The molecule has 4 heteroatoms. The van der Waals surface area contributed by atoms with Gasteiger partial charge < -0.3 is 9.47 Å². The lowest BCUT2D eigenvalue weighted by molar-refractivity contribution is -0.116. The minimum Gasteiger partial charge on any atom is -0.438 e. The van der Waals surface area contributed by atoms with E-state index in [0.717, 1.165) is 38.5 Å². The van der Waals surface area contributed by atoms with Crippen LogP contribution in [0.4, 0.5) is 4.79 Å². The third-order valence-electron chi connectivity index (χ3n) is 7.96. The first-order valence-corrected chi connectivity index (χ1v) is 9.92. The number of hydrogen-bond donors (Lipinski definition) is 0. The highest BCUT2D eigenvalue weighted by molar-refractivity contribution is 5.91. The Kier molecular flexibility index (Phi) is 4.20. The van der Waals surface area contributed by atoms with E-state index >= 15 is 0 Å². The molecule has 0 aliphatic heterocycles. The summed E-state index contributed by atoms with van der Waals surface area (Å²) in [5, 5.41) is 0. The monoisotopic (exact) mass is 346 g/mol. The summed E-state index contributed by atoms with van der Waals surface area (Å²) in [7, 11) is 1.38. The number of hydrogen-bond acceptors (Lipinski definition) is 4. The van der Waals surface area contributed by atoms with Crippen LogP contribution in [0.3, 0.4) is 0 Å². The molecule has 0 saturated heterocycles. The third-order valence-corrected chi connectivity index (χ3v) is 7.96. The Labute approximate surface area is 150 Å². The largest absolute Gasteiger partial charge is 0.508 e. The standard InChI is InChI=1S/C21H30O4/c1-12-10-13-11-14(22)4-5-15(13)16-8-9-21(2)17(19(12)16)6-7-18(21)25-20(23)24-3/h11-12,15-19H,4-10H2,1-3H3/t12-,15?,16?,17?,18-,19?,21-/m0/s1. The van der Waals surface area contributed by atoms with Crippen molar-refractivity contribution >= 4 is 11.9 Å². The second-order valence-electron chi connectivity index (χ2n) is 9.04. The number of ether oxygens (including phenoxy) is 2. The molecule has 0 heterocycles. The zero-order chi connectivity index (χ0) is 17.8. The third kappa shape index (κ3) is 2.63. The van der Waals surface area contributed by atoms with Crippen LogP contribution in [0.25, 0.3) is 0 Å². The maximum absolute atomic E-state index is 11.9. The molecule has 4 rings (SSSR count). The fourth-order valence-electron chi connectivity index (χ4n) is 6.90. The molecule has 0 bridgehead atoms. The molecule has 4 aliphatic rings. The average Bonchev–Trinajstić information content (AvgIpc) is 2.90. The molecule has 4 unspecified atom stereocenters. The summed E-state index contributed by atoms with van der Waals surface area (Å²) < 4.78 is 10.4. The van der Waals surface area contributed by atoms with E-state index in [0.29, 0.717) is 35.4 Å². The van der Waals surface area contributed by atoms with Gasteiger partial charge in [-0.15, -0.1) is 0 Å². The number of fused-ring (bicyclic) bond motifs is 5. The maximum Gasteiger partial charge on any atom is 0.508 e. The smallest absolute Gasteiger partial charge is 0.438 e. The lowest BCUT2D eigenvalue weighted by Crippen LogP contribution is -2.50. The van der Waals surface area contributed by atoms with Crippen LogP contribution in [0.1, 0.15) is 58.8 Å². The van der Waals surface area contributed by atoms with E-state index in [1.165, 1.54) is 19.1 Å². The zero-order valence-corrected chi connectivity index (χ0v) is 15.6. The first-order valence-electron chi connectivity index (χ1n) is 9.92. The number of carbonyl (C=O) groups excluding carboxylic acids is 2. The van der Waals surface area contributed by atoms with Crippen molar-refractivity contribution < 1.29 is 19.1 Å². The number of carbonyl (C=O) groups is 2. The topological polar surface area (TPSA) is 52.6 Å². The molecule has 138 valence electrons. The first-order chi connectivity index (χ1) is 11.9. The van der Waals surface area contributed by atoms with Crippen molar-refractivity contribution in [2.45, 2.75) is 64.9 Å². The lowest BCUT2D eigenvalue weighted by Gasteiger charge is -2.55. The van der Waals surface area contributed by atoms with Crippen molar-refractivity contribution in [2.75, 3.05) is 7.11 Å². The van der Waals surface area contributed by atoms with E-state index in [1.807, 2.05) is 6.08 Å². The van der Waals surface area contributed by atoms with Crippen LogP contribution in [0.15, 0.2) is 11.6 Å². The molecule has 0 amide bonds. The van der Waals surface area contributed by atoms with Gasteiger partial charge >= 0.3 is 6.16 Å². The molecule has 0 radical (unpaired) electrons. The van der Waals surface area contributed by atoms with Gasteiger partial charge in [0.1, 0.15) is 6.10 Å². The zero-order valence-electron chi connectivity index (χ0n) is 15.6. The molecule has 3 fully saturated rings. The number of ketones is 1. The van der Waals surface area contributed by atoms with Crippen LogP contribution in [-0.4, -0.2) is 25.2 Å². The van der Waals surface area contributed by atoms with Gasteiger partial charge in [0, 0.05) is 11.8 Å². The van der Waals surface area contributed by atoms with Crippen molar-refractivity contribution in [3.05, 3.63) is 11.6 Å². The van der Waals surface area contributed by atoms with Gasteiger partial charge in [0.05, 0.1) is 7.11 Å². The van der Waals surface area contributed by atoms with Crippen LogP contribution in [0, 0.1) is 35.0 Å². The molecule has 4 aliphatic carbocycles. The first kappa shape index (κ1) is 17.1. The van der Waals surface area contributed by atoms with Gasteiger partial charge in [-0.25, -0.2) is 4.79 Å². The summed E-state index contributed by atoms with van der Waals surface area (Å²) in [6.45, 7) is 4.70. The summed E-state index contributed by atoms with van der Waals surface area (Å²) in [6.07, 6.45) is 8.67. The van der Waals surface area contributed by atoms with E-state index in [2.05, 4.69) is 13.8 Å². The molecular formula is C21H30O4. The molecule has 0 spiro atoms. The predicted octanol–water partition coefficient (Wildman–Crippen LogP) is 4.53. The van der Waals surface area contributed by atoms with Crippen molar-refractivity contribution in [2.24, 2.45) is 35.0 Å². The van der Waals surface area contributed by atoms with Gasteiger partial charge in [-0.05, 0) is 74.2 Å². The molecule has 0 aromatic rings. The quantitative estimate of drug-likeness (QED) is 0.655. The molecule has 4 nitrogen and oxygen atoms in total. The maximum atomic E-state index is 11.9. The lowest BCUT2D eigenvalue weighted by atomic mass is 9.49. The van der Waals surface area contributed by atoms with E-state index in [1.54, 1.807) is 0 Å². The number of rotatable bonds is 1. The van der Waals surface area contributed by atoms with Crippen molar-refractivity contribution in [1.29, 1.82) is 0 Å². The summed E-state index contributed by atoms with van der Waals surface area (Å²) in [4.78, 5) is 23.5. The summed E-state index contributed by atoms with van der Waals surface area (Å²) in [5.41, 5.74) is 1.50. The molecule has 7 atom stereocenters. The highest BCUT2D eigenvalue weighted by Gasteiger charge is 2.59. The van der Waals surface area contributed by atoms with E-state index in [-0.39, 0.29) is 11.5 Å². The second kappa shape index (κ2) is 6.14. The summed E-state index contributed by atoms with van der Waals surface area (Å²) in [6, 6.07) is 0. The Bertz CT molecular complexity index is 609. The minimum atomic E-state index is -0.540. The van der Waals surface area contributed by atoms with Crippen LogP contribution in [0.5, 0.6) is 0 Å². The number of allylic oxidation sites excluding steroid dienone is 1. The Hall–Kier alpha value is -1.32. The van der Waals surface area contributed by atoms with Gasteiger partial charge in [-0.3, -0.25) is 4.79 Å². The Morgan fingerprint density at radius 3 is 2.80 bits per heavy atom. The van der Waals surface area contributed by atoms with Crippen molar-refractivity contribution in [3.63, 3.8) is 0 Å². The van der Waals surface area contributed by atoms with Crippen molar-refractivity contribution in [3.8, 4) is 0 Å². The van der Waals surface area contributed by atoms with Crippen LogP contribution < -0.4 is 0 Å². The predicted molar refractivity (Wildman–Crippen MR) is 93.9 cm³/mol. The van der Waals surface area contributed by atoms with Crippen LogP contribution in [0.2, 0.25) is 0 Å². The van der Waals surface area contributed by atoms with Crippen LogP contribution >= 0.6 is 0 Å². The molecule has 0 N–H and O–H groups in total. The minimum absolute atomic E-state index is 0.0111. The SMILES string of the molecule is COC(=O)O[C@H]1CCC2C3C(CC[C@@]21C)C1CCC(=O)C=C1C[C@@H]3C. The average molecular weight is 346 g/mol. The van der Waals surface area contributed by atoms with Gasteiger partial charge in [-0.2, -0.15) is 0 Å². The van der Waals surface area contributed by atoms with Crippen LogP contribution in [-0.2, 0) is 14.3 Å². The fourth-order valence-corrected chi connectivity index (χ4v) is 6.90. The summed E-state index contributed by atoms with van der Waals surface area (Å²) in [5.74, 6) is 3.57. The van der Waals surface area contributed by atoms with E-state index in [9.17, 15) is 9.59 Å². The summed E-state index contributed by atoms with van der Waals surface area (Å²) >= 11 is 0. The van der Waals surface area contributed by atoms with Crippen molar-refractivity contribution in [1.82, 2.24) is 0 Å². The fraction of sp³-hybridized carbons (Fsp3) is 0.810. The van der Waals surface area contributed by atoms with E-state index < -0.39 is 6.16 Å². The second-order valence-corrected chi connectivity index (χ2v) is 9.04. The Morgan fingerprint density at radius 2 is 2.04 bits per heavy atom. The molecule has 25 heavy (non-hydrogen) atoms. The van der Waals surface area contributed by atoms with Gasteiger partial charge in [-0.1, -0.05) is 19.4 Å². The van der Waals surface area contributed by atoms with E-state index in [4.69, 9.17) is 9.47 Å². The molecule has 0 aromatic heterocycles. The van der Waals surface area contributed by atoms with Gasteiger partial charge in [0.2, 0.25) is 0 Å². The highest BCUT2D eigenvalue weighted by atomic mass is 16.7. The van der Waals surface area contributed by atoms with Gasteiger partial charge in [0.25, 0.3) is 0 Å². The molecule has 3 saturated carbocycles. The molecule has 0 aromatic carbocycles. The highest BCUT2D eigenvalue weighted by Crippen LogP contribution is 2.63. The molecular weight excluding hydrogens is 316 g/mol. The normalized spacial score (nSPS) is 45.7. The Balaban J connectivity index is 1.59.